The molecule has 0 unspecified atom stereocenters. The molecule has 5 rings (SSSR count). The quantitative estimate of drug-likeness (QED) is 0.583. The Bertz CT molecular complexity index is 1140. The van der Waals surface area contributed by atoms with Gasteiger partial charge in [-0.05, 0) is 37.1 Å². The molecule has 1 saturated heterocycles. The van der Waals surface area contributed by atoms with Gasteiger partial charge in [0.15, 0.2) is 11.4 Å². The minimum atomic E-state index is -0.0941. The highest BCUT2D eigenvalue weighted by atomic mass is 16.3. The van der Waals surface area contributed by atoms with E-state index in [0.29, 0.717) is 12.1 Å². The molecule has 1 aliphatic heterocycles. The van der Waals surface area contributed by atoms with Gasteiger partial charge in [0.05, 0.1) is 5.92 Å². The summed E-state index contributed by atoms with van der Waals surface area (Å²) >= 11 is 0. The Morgan fingerprint density at radius 3 is 2.79 bits per heavy atom. The van der Waals surface area contributed by atoms with Crippen LogP contribution in [0.15, 0.2) is 65.3 Å². The third kappa shape index (κ3) is 2.97. The highest BCUT2D eigenvalue weighted by molar-refractivity contribution is 6.05. The predicted molar refractivity (Wildman–Crippen MR) is 109 cm³/mol. The summed E-state index contributed by atoms with van der Waals surface area (Å²) in [6.07, 6.45) is 3.37. The lowest BCUT2D eigenvalue weighted by Crippen LogP contribution is -2.41. The molecular formula is C22H20N4O2. The summed E-state index contributed by atoms with van der Waals surface area (Å²) in [4.78, 5) is 23.8. The van der Waals surface area contributed by atoms with Crippen molar-refractivity contribution in [1.29, 1.82) is 0 Å². The lowest BCUT2D eigenvalue weighted by Gasteiger charge is -2.32. The fourth-order valence-corrected chi connectivity index (χ4v) is 3.89. The van der Waals surface area contributed by atoms with Gasteiger partial charge in [0.25, 0.3) is 0 Å². The van der Waals surface area contributed by atoms with Crippen LogP contribution < -0.4 is 10.2 Å². The van der Waals surface area contributed by atoms with E-state index in [1.807, 2.05) is 54.6 Å². The molecule has 3 heterocycles. The number of nitrogens with one attached hydrogen (secondary N) is 1. The van der Waals surface area contributed by atoms with Crippen LogP contribution in [0.25, 0.3) is 22.1 Å². The first-order valence-electron chi connectivity index (χ1n) is 9.53. The van der Waals surface area contributed by atoms with Gasteiger partial charge >= 0.3 is 0 Å². The number of aromatic nitrogens is 2. The second-order valence-corrected chi connectivity index (χ2v) is 7.11. The van der Waals surface area contributed by atoms with Crippen LogP contribution in [0.5, 0.6) is 0 Å². The molecule has 1 atom stereocenters. The van der Waals surface area contributed by atoms with E-state index < -0.39 is 0 Å². The molecule has 1 amide bonds. The molecule has 1 N–H and O–H groups in total. The number of carbonyl (C=O) groups is 1. The van der Waals surface area contributed by atoms with Gasteiger partial charge in [0, 0.05) is 24.2 Å². The highest BCUT2D eigenvalue weighted by Gasteiger charge is 2.28. The van der Waals surface area contributed by atoms with Gasteiger partial charge < -0.3 is 14.6 Å². The lowest BCUT2D eigenvalue weighted by atomic mass is 9.97. The normalized spacial score (nSPS) is 17.1. The zero-order valence-electron chi connectivity index (χ0n) is 15.3. The zero-order chi connectivity index (χ0) is 18.9. The van der Waals surface area contributed by atoms with Crippen LogP contribution >= 0.6 is 0 Å². The van der Waals surface area contributed by atoms with Crippen molar-refractivity contribution in [3.63, 3.8) is 0 Å². The number of hydrogen-bond donors (Lipinski definition) is 1. The van der Waals surface area contributed by atoms with Gasteiger partial charge in [-0.15, -0.1) is 0 Å². The van der Waals surface area contributed by atoms with Gasteiger partial charge in [-0.3, -0.25) is 4.79 Å². The van der Waals surface area contributed by atoms with Crippen LogP contribution in [0.1, 0.15) is 12.8 Å². The van der Waals surface area contributed by atoms with Gasteiger partial charge in [-0.25, -0.2) is 9.97 Å². The van der Waals surface area contributed by atoms with E-state index in [1.54, 1.807) is 6.33 Å². The number of hydrogen-bond acceptors (Lipinski definition) is 5. The lowest BCUT2D eigenvalue weighted by molar-refractivity contribution is -0.120. The molecule has 1 fully saturated rings. The summed E-state index contributed by atoms with van der Waals surface area (Å²) in [5.74, 6) is 0.715. The Labute approximate surface area is 162 Å². The average molecular weight is 372 g/mol. The molecule has 6 heteroatoms. The molecular weight excluding hydrogens is 352 g/mol. The van der Waals surface area contributed by atoms with Crippen LogP contribution in [0, 0.1) is 5.92 Å². The molecule has 2 aromatic carbocycles. The van der Waals surface area contributed by atoms with Crippen molar-refractivity contribution in [3.05, 3.63) is 60.9 Å². The van der Waals surface area contributed by atoms with Gasteiger partial charge in [0.1, 0.15) is 17.4 Å². The zero-order valence-corrected chi connectivity index (χ0v) is 15.3. The Hall–Kier alpha value is -3.41. The minimum Gasteiger partial charge on any atom is -0.450 e. The van der Waals surface area contributed by atoms with Crippen molar-refractivity contribution < 1.29 is 9.21 Å². The third-order valence-corrected chi connectivity index (χ3v) is 5.27. The Morgan fingerprint density at radius 2 is 1.89 bits per heavy atom. The largest absolute Gasteiger partial charge is 0.450 e. The summed E-state index contributed by atoms with van der Waals surface area (Å²) in [5, 5.41) is 4.00. The van der Waals surface area contributed by atoms with Crippen LogP contribution in [-0.4, -0.2) is 29.0 Å². The summed E-state index contributed by atoms with van der Waals surface area (Å²) in [5.41, 5.74) is 3.13. The molecule has 0 bridgehead atoms. The fourth-order valence-electron chi connectivity index (χ4n) is 3.89. The molecule has 140 valence electrons. The molecule has 1 aliphatic rings. The summed E-state index contributed by atoms with van der Waals surface area (Å²) in [6.45, 7) is 1.46. The van der Waals surface area contributed by atoms with E-state index in [4.69, 9.17) is 4.42 Å². The monoisotopic (exact) mass is 372 g/mol. The van der Waals surface area contributed by atoms with Crippen LogP contribution in [0.2, 0.25) is 0 Å². The Morgan fingerprint density at radius 1 is 1.07 bits per heavy atom. The van der Waals surface area contributed by atoms with E-state index in [1.165, 1.54) is 0 Å². The standard InChI is InChI=1S/C22H20N4O2/c27-22(25-16-8-2-1-3-9-16)15-7-6-12-26(13-15)21-20-19(23-14-24-21)17-10-4-5-11-18(17)28-20/h1-5,8-11,14-15H,6-7,12-13H2,(H,25,27)/t15-/m1/s1. The maximum absolute atomic E-state index is 12.8. The average Bonchev–Trinajstić information content (AvgIpc) is 3.13. The number of para-hydroxylation sites is 2. The number of furan rings is 1. The first-order valence-corrected chi connectivity index (χ1v) is 9.53. The van der Waals surface area contributed by atoms with E-state index >= 15 is 0 Å². The molecule has 6 nitrogen and oxygen atoms in total. The van der Waals surface area contributed by atoms with Crippen LogP contribution in [0.3, 0.4) is 0 Å². The summed E-state index contributed by atoms with van der Waals surface area (Å²) < 4.78 is 6.06. The van der Waals surface area contributed by atoms with Gasteiger partial charge in [-0.2, -0.15) is 0 Å². The van der Waals surface area contributed by atoms with Crippen LogP contribution in [-0.2, 0) is 4.79 Å². The maximum atomic E-state index is 12.8. The maximum Gasteiger partial charge on any atom is 0.229 e. The van der Waals surface area contributed by atoms with E-state index in [2.05, 4.69) is 20.2 Å². The van der Waals surface area contributed by atoms with Crippen molar-refractivity contribution in [2.45, 2.75) is 12.8 Å². The van der Waals surface area contributed by atoms with Crippen molar-refractivity contribution in [1.82, 2.24) is 9.97 Å². The summed E-state index contributed by atoms with van der Waals surface area (Å²) in [7, 11) is 0. The summed E-state index contributed by atoms with van der Waals surface area (Å²) in [6, 6.07) is 17.4. The van der Waals surface area contributed by atoms with Crippen LogP contribution in [0.4, 0.5) is 11.5 Å². The molecule has 2 aromatic heterocycles. The van der Waals surface area contributed by atoms with E-state index in [9.17, 15) is 4.79 Å². The fraction of sp³-hybridized carbons (Fsp3) is 0.227. The van der Waals surface area contributed by atoms with Crippen molar-refractivity contribution >= 4 is 39.5 Å². The van der Waals surface area contributed by atoms with Crippen molar-refractivity contribution in [2.24, 2.45) is 5.92 Å². The molecule has 0 saturated carbocycles. The van der Waals surface area contributed by atoms with Crippen molar-refractivity contribution in [2.75, 3.05) is 23.3 Å². The number of benzene rings is 2. The molecule has 0 spiro atoms. The number of nitrogens with zero attached hydrogens (tertiary/aromatic N) is 3. The topological polar surface area (TPSA) is 71.3 Å². The van der Waals surface area contributed by atoms with Gasteiger partial charge in [-0.1, -0.05) is 30.3 Å². The Balaban J connectivity index is 1.43. The molecule has 4 aromatic rings. The van der Waals surface area contributed by atoms with E-state index in [0.717, 1.165) is 47.4 Å². The number of piperidine rings is 1. The molecule has 0 radical (unpaired) electrons. The number of anilines is 2. The van der Waals surface area contributed by atoms with E-state index in [-0.39, 0.29) is 11.8 Å². The molecule has 0 aliphatic carbocycles. The smallest absolute Gasteiger partial charge is 0.229 e. The Kier molecular flexibility index (Phi) is 4.16. The van der Waals surface area contributed by atoms with Crippen molar-refractivity contribution in [3.8, 4) is 0 Å². The number of carbonyl (C=O) groups excluding carboxylic acids is 1. The number of fused-ring (bicyclic) bond motifs is 3. The second-order valence-electron chi connectivity index (χ2n) is 7.11. The number of amides is 1. The third-order valence-electron chi connectivity index (χ3n) is 5.27. The molecule has 28 heavy (non-hydrogen) atoms. The predicted octanol–water partition coefficient (Wildman–Crippen LogP) is 4.23. The number of rotatable bonds is 3. The second kappa shape index (κ2) is 6.96. The first kappa shape index (κ1) is 16.7. The highest BCUT2D eigenvalue weighted by Crippen LogP contribution is 2.33. The SMILES string of the molecule is O=C(Nc1ccccc1)[C@@H]1CCCN(c2ncnc3c2oc2ccccc23)C1. The first-order chi connectivity index (χ1) is 13.8. The van der Waals surface area contributed by atoms with Gasteiger partial charge in [0.2, 0.25) is 5.91 Å². The minimum absolute atomic E-state index is 0.0470.